The second kappa shape index (κ2) is 6.39. The van der Waals surface area contributed by atoms with E-state index in [1.54, 1.807) is 12.0 Å². The van der Waals surface area contributed by atoms with Crippen molar-refractivity contribution in [2.75, 3.05) is 7.11 Å². The van der Waals surface area contributed by atoms with Crippen molar-refractivity contribution in [1.82, 2.24) is 15.0 Å². The molecule has 2 aromatic rings. The lowest BCUT2D eigenvalue weighted by atomic mass is 10.2. The first kappa shape index (κ1) is 15.0. The summed E-state index contributed by atoms with van der Waals surface area (Å²) in [5, 5.41) is 3.95. The second-order valence-corrected chi connectivity index (χ2v) is 4.98. The van der Waals surface area contributed by atoms with Gasteiger partial charge in [-0.3, -0.25) is 4.79 Å². The van der Waals surface area contributed by atoms with E-state index in [0.29, 0.717) is 18.3 Å². The fourth-order valence-corrected chi connectivity index (χ4v) is 1.98. The van der Waals surface area contributed by atoms with Crippen LogP contribution in [0.3, 0.4) is 0 Å². The number of hydrogen-bond acceptors (Lipinski definition) is 5. The third-order valence-corrected chi connectivity index (χ3v) is 3.15. The van der Waals surface area contributed by atoms with Gasteiger partial charge < -0.3 is 14.2 Å². The van der Waals surface area contributed by atoms with Gasteiger partial charge in [-0.05, 0) is 38.1 Å². The van der Waals surface area contributed by atoms with Gasteiger partial charge in [0.15, 0.2) is 0 Å². The maximum absolute atomic E-state index is 11.6. The highest BCUT2D eigenvalue weighted by Gasteiger charge is 2.17. The van der Waals surface area contributed by atoms with Crippen LogP contribution in [0.25, 0.3) is 11.4 Å². The fourth-order valence-electron chi connectivity index (χ4n) is 1.98. The van der Waals surface area contributed by atoms with Crippen LogP contribution in [0.2, 0.25) is 0 Å². The molecule has 0 radical (unpaired) electrons. The minimum absolute atomic E-state index is 0.0193. The minimum Gasteiger partial charge on any atom is -0.497 e. The van der Waals surface area contributed by atoms with Gasteiger partial charge in [-0.25, -0.2) is 0 Å². The number of methoxy groups -OCH3 is 1. The van der Waals surface area contributed by atoms with E-state index in [1.165, 1.54) is 6.92 Å². The van der Waals surface area contributed by atoms with Crippen molar-refractivity contribution in [3.8, 4) is 17.1 Å². The molecule has 0 spiro atoms. The summed E-state index contributed by atoms with van der Waals surface area (Å²) in [6, 6.07) is 7.47. The number of amides is 1. The molecule has 6 nitrogen and oxygen atoms in total. The van der Waals surface area contributed by atoms with E-state index in [2.05, 4.69) is 10.1 Å². The van der Waals surface area contributed by atoms with Gasteiger partial charge in [-0.1, -0.05) is 5.16 Å². The average Bonchev–Trinajstić information content (AvgIpc) is 2.93. The van der Waals surface area contributed by atoms with E-state index in [4.69, 9.17) is 9.26 Å². The Balaban J connectivity index is 2.15. The number of nitrogens with zero attached hydrogens (tertiary/aromatic N) is 3. The molecule has 0 N–H and O–H groups in total. The zero-order valence-corrected chi connectivity index (χ0v) is 12.7. The monoisotopic (exact) mass is 289 g/mol. The molecule has 0 saturated heterocycles. The summed E-state index contributed by atoms with van der Waals surface area (Å²) in [6.45, 7) is 5.74. The Morgan fingerprint density at radius 1 is 1.33 bits per heavy atom. The van der Waals surface area contributed by atoms with Crippen LogP contribution >= 0.6 is 0 Å². The molecular weight excluding hydrogens is 270 g/mol. The van der Waals surface area contributed by atoms with Crippen LogP contribution in [0.1, 0.15) is 26.7 Å². The summed E-state index contributed by atoms with van der Waals surface area (Å²) in [7, 11) is 1.61. The van der Waals surface area contributed by atoms with Crippen LogP contribution in [0.4, 0.5) is 0 Å². The molecule has 1 aromatic heterocycles. The SMILES string of the molecule is COc1ccc(-c2noc(CN(C(C)=O)C(C)C)n2)cc1. The highest BCUT2D eigenvalue weighted by atomic mass is 16.5. The number of carbonyl (C=O) groups excluding carboxylic acids is 1. The minimum atomic E-state index is -0.0193. The highest BCUT2D eigenvalue weighted by molar-refractivity contribution is 5.73. The second-order valence-electron chi connectivity index (χ2n) is 4.98. The number of carbonyl (C=O) groups is 1. The summed E-state index contributed by atoms with van der Waals surface area (Å²) < 4.78 is 10.3. The molecule has 0 atom stereocenters. The summed E-state index contributed by atoms with van der Waals surface area (Å²) in [5.41, 5.74) is 0.838. The predicted octanol–water partition coefficient (Wildman–Crippen LogP) is 2.50. The quantitative estimate of drug-likeness (QED) is 0.846. The third-order valence-electron chi connectivity index (χ3n) is 3.15. The summed E-state index contributed by atoms with van der Waals surface area (Å²) in [5.74, 6) is 1.67. The number of rotatable bonds is 5. The van der Waals surface area contributed by atoms with E-state index in [1.807, 2.05) is 38.1 Å². The Bertz CT molecular complexity index is 605. The van der Waals surface area contributed by atoms with Gasteiger partial charge in [-0.2, -0.15) is 4.98 Å². The Kier molecular flexibility index (Phi) is 4.57. The van der Waals surface area contributed by atoms with Gasteiger partial charge in [0.25, 0.3) is 0 Å². The van der Waals surface area contributed by atoms with Crippen molar-refractivity contribution in [2.45, 2.75) is 33.4 Å². The largest absolute Gasteiger partial charge is 0.497 e. The summed E-state index contributed by atoms with van der Waals surface area (Å²) >= 11 is 0. The zero-order chi connectivity index (χ0) is 15.4. The zero-order valence-electron chi connectivity index (χ0n) is 12.7. The number of aromatic nitrogens is 2. The van der Waals surface area contributed by atoms with Gasteiger partial charge in [0, 0.05) is 18.5 Å². The first-order valence-electron chi connectivity index (χ1n) is 6.75. The van der Waals surface area contributed by atoms with Crippen molar-refractivity contribution in [3.05, 3.63) is 30.2 Å². The summed E-state index contributed by atoms with van der Waals surface area (Å²) in [6.07, 6.45) is 0. The van der Waals surface area contributed by atoms with Crippen LogP contribution in [0.5, 0.6) is 5.75 Å². The molecule has 112 valence electrons. The van der Waals surface area contributed by atoms with Crippen LogP contribution in [-0.2, 0) is 11.3 Å². The van der Waals surface area contributed by atoms with Crippen LogP contribution in [0.15, 0.2) is 28.8 Å². The van der Waals surface area contributed by atoms with Crippen molar-refractivity contribution in [1.29, 1.82) is 0 Å². The van der Waals surface area contributed by atoms with Crippen molar-refractivity contribution < 1.29 is 14.1 Å². The Labute approximate surface area is 123 Å². The predicted molar refractivity (Wildman–Crippen MR) is 77.6 cm³/mol. The molecule has 0 aliphatic rings. The number of benzene rings is 1. The Hall–Kier alpha value is -2.37. The maximum Gasteiger partial charge on any atom is 0.246 e. The van der Waals surface area contributed by atoms with E-state index < -0.39 is 0 Å². The Morgan fingerprint density at radius 2 is 2.00 bits per heavy atom. The molecule has 1 aromatic carbocycles. The fraction of sp³-hybridized carbons (Fsp3) is 0.400. The van der Waals surface area contributed by atoms with E-state index in [9.17, 15) is 4.79 Å². The molecule has 21 heavy (non-hydrogen) atoms. The van der Waals surface area contributed by atoms with Crippen LogP contribution in [-0.4, -0.2) is 34.1 Å². The van der Waals surface area contributed by atoms with Crippen molar-refractivity contribution in [3.63, 3.8) is 0 Å². The van der Waals surface area contributed by atoms with E-state index >= 15 is 0 Å². The molecule has 1 heterocycles. The van der Waals surface area contributed by atoms with Gasteiger partial charge in [0.05, 0.1) is 7.11 Å². The molecule has 1 amide bonds. The highest BCUT2D eigenvalue weighted by Crippen LogP contribution is 2.20. The van der Waals surface area contributed by atoms with Crippen LogP contribution in [0, 0.1) is 0 Å². The van der Waals surface area contributed by atoms with Gasteiger partial charge in [0.2, 0.25) is 17.6 Å². The smallest absolute Gasteiger partial charge is 0.246 e. The normalized spacial score (nSPS) is 10.7. The van der Waals surface area contributed by atoms with Crippen molar-refractivity contribution in [2.24, 2.45) is 0 Å². The maximum atomic E-state index is 11.6. The lowest BCUT2D eigenvalue weighted by Crippen LogP contribution is -2.34. The van der Waals surface area contributed by atoms with Gasteiger partial charge in [-0.15, -0.1) is 0 Å². The topological polar surface area (TPSA) is 68.5 Å². The van der Waals surface area contributed by atoms with Crippen molar-refractivity contribution >= 4 is 5.91 Å². The first-order chi connectivity index (χ1) is 10.0. The van der Waals surface area contributed by atoms with E-state index in [-0.39, 0.29) is 11.9 Å². The van der Waals surface area contributed by atoms with Crippen LogP contribution < -0.4 is 4.74 Å². The number of hydrogen-bond donors (Lipinski definition) is 0. The first-order valence-corrected chi connectivity index (χ1v) is 6.75. The van der Waals surface area contributed by atoms with E-state index in [0.717, 1.165) is 11.3 Å². The van der Waals surface area contributed by atoms with Gasteiger partial charge >= 0.3 is 0 Å². The molecule has 0 saturated carbocycles. The molecule has 0 aliphatic carbocycles. The molecule has 0 bridgehead atoms. The molecule has 0 fully saturated rings. The summed E-state index contributed by atoms with van der Waals surface area (Å²) in [4.78, 5) is 17.6. The molecule has 0 unspecified atom stereocenters. The Morgan fingerprint density at radius 3 is 2.52 bits per heavy atom. The number of ether oxygens (including phenoxy) is 1. The third kappa shape index (κ3) is 3.59. The molecule has 6 heteroatoms. The molecule has 0 aliphatic heterocycles. The van der Waals surface area contributed by atoms with Gasteiger partial charge in [0.1, 0.15) is 12.3 Å². The molecule has 2 rings (SSSR count). The lowest BCUT2D eigenvalue weighted by molar-refractivity contribution is -0.131. The molecular formula is C15H19N3O3. The lowest BCUT2D eigenvalue weighted by Gasteiger charge is -2.23. The standard InChI is InChI=1S/C15H19N3O3/c1-10(2)18(11(3)19)9-14-16-15(17-21-14)12-5-7-13(20-4)8-6-12/h5-8,10H,9H2,1-4H3. The average molecular weight is 289 g/mol.